The molecular weight excluding hydrogens is 586 g/mol. The van der Waals surface area contributed by atoms with Gasteiger partial charge in [0, 0.05) is 17.1 Å². The van der Waals surface area contributed by atoms with Crippen LogP contribution in [0.4, 0.5) is 0 Å². The molecule has 0 bridgehead atoms. The number of primary amides is 1. The first kappa shape index (κ1) is 31.4. The molecule has 13 nitrogen and oxygen atoms in total. The summed E-state index contributed by atoms with van der Waals surface area (Å²) >= 11 is 0. The SMILES string of the molecule is CCOC(=O)CNC(=O)c1cccc(-c2ccc(O)c3c2C[C@H]2C[C@H]4C(N(C)C)C(O)=C(C(N)=O)C(=O)[C@@]4(O)C(O)=C2C3=O)c1. The maximum atomic E-state index is 14.0. The van der Waals surface area contributed by atoms with E-state index in [9.17, 15) is 44.4 Å². The van der Waals surface area contributed by atoms with Gasteiger partial charge in [-0.1, -0.05) is 18.2 Å². The molecule has 4 atom stereocenters. The highest BCUT2D eigenvalue weighted by atomic mass is 16.5. The molecule has 236 valence electrons. The molecule has 0 fully saturated rings. The number of rotatable bonds is 7. The Kier molecular flexibility index (Phi) is 8.02. The Balaban J connectivity index is 1.59. The van der Waals surface area contributed by atoms with E-state index in [1.165, 1.54) is 11.0 Å². The quantitative estimate of drug-likeness (QED) is 0.190. The second-order valence-electron chi connectivity index (χ2n) is 11.5. The first-order valence-corrected chi connectivity index (χ1v) is 14.3. The van der Waals surface area contributed by atoms with Gasteiger partial charge in [0.2, 0.25) is 5.78 Å². The lowest BCUT2D eigenvalue weighted by Gasteiger charge is -2.50. The average molecular weight is 620 g/mol. The predicted octanol–water partition coefficient (Wildman–Crippen LogP) is 1.08. The van der Waals surface area contributed by atoms with Gasteiger partial charge in [-0.3, -0.25) is 28.9 Å². The van der Waals surface area contributed by atoms with Crippen molar-refractivity contribution in [2.24, 2.45) is 17.6 Å². The topological polar surface area (TPSA) is 217 Å². The van der Waals surface area contributed by atoms with E-state index in [1.54, 1.807) is 51.4 Å². The van der Waals surface area contributed by atoms with Crippen molar-refractivity contribution in [2.75, 3.05) is 27.2 Å². The fraction of sp³-hybridized carbons (Fsp3) is 0.344. The molecule has 0 aromatic heterocycles. The number of ether oxygens (including phenoxy) is 1. The number of hydrogen-bond donors (Lipinski definition) is 6. The molecule has 45 heavy (non-hydrogen) atoms. The van der Waals surface area contributed by atoms with Crippen LogP contribution < -0.4 is 11.1 Å². The Morgan fingerprint density at radius 3 is 2.47 bits per heavy atom. The highest BCUT2D eigenvalue weighted by Crippen LogP contribution is 2.53. The first-order valence-electron chi connectivity index (χ1n) is 14.3. The number of nitrogens with zero attached hydrogens (tertiary/aromatic N) is 1. The second kappa shape index (κ2) is 11.5. The molecule has 0 radical (unpaired) electrons. The number of hydrogen-bond acceptors (Lipinski definition) is 11. The summed E-state index contributed by atoms with van der Waals surface area (Å²) in [5, 5.41) is 47.5. The number of allylic oxidation sites excluding steroid dienone is 1. The molecular formula is C32H33N3O10. The normalized spacial score (nSPS) is 24.2. The number of carbonyl (C=O) groups is 5. The third-order valence-corrected chi connectivity index (χ3v) is 8.74. The maximum Gasteiger partial charge on any atom is 0.325 e. The van der Waals surface area contributed by atoms with Crippen LogP contribution >= 0.6 is 0 Å². The number of aliphatic hydroxyl groups is 3. The number of amides is 2. The predicted molar refractivity (Wildman–Crippen MR) is 158 cm³/mol. The van der Waals surface area contributed by atoms with Crippen LogP contribution in [0.2, 0.25) is 0 Å². The Bertz CT molecular complexity index is 1730. The number of benzene rings is 2. The Morgan fingerprint density at radius 2 is 1.82 bits per heavy atom. The molecule has 7 N–H and O–H groups in total. The van der Waals surface area contributed by atoms with E-state index in [0.717, 1.165) is 0 Å². The van der Waals surface area contributed by atoms with E-state index < -0.39 is 75.7 Å². The van der Waals surface area contributed by atoms with Crippen LogP contribution in [-0.4, -0.2) is 93.6 Å². The van der Waals surface area contributed by atoms with Crippen molar-refractivity contribution in [3.05, 3.63) is 75.8 Å². The highest BCUT2D eigenvalue weighted by Gasteiger charge is 2.63. The van der Waals surface area contributed by atoms with Gasteiger partial charge in [-0.25, -0.2) is 0 Å². The Hall–Kier alpha value is -5.01. The molecule has 0 aliphatic heterocycles. The summed E-state index contributed by atoms with van der Waals surface area (Å²) in [5.74, 6) is -8.46. The van der Waals surface area contributed by atoms with Gasteiger partial charge in [-0.15, -0.1) is 0 Å². The first-order chi connectivity index (χ1) is 21.2. The molecule has 13 heteroatoms. The van der Waals surface area contributed by atoms with Gasteiger partial charge in [-0.05, 0) is 74.7 Å². The molecule has 0 spiro atoms. The van der Waals surface area contributed by atoms with E-state index in [2.05, 4.69) is 5.32 Å². The monoisotopic (exact) mass is 619 g/mol. The molecule has 0 saturated heterocycles. The fourth-order valence-corrected chi connectivity index (χ4v) is 6.82. The number of nitrogens with two attached hydrogens (primary N) is 1. The Labute approximate surface area is 257 Å². The number of fused-ring (bicyclic) bond motifs is 3. The van der Waals surface area contributed by atoms with Crippen molar-refractivity contribution in [1.29, 1.82) is 0 Å². The fourth-order valence-electron chi connectivity index (χ4n) is 6.82. The molecule has 2 aromatic rings. The Morgan fingerprint density at radius 1 is 1.11 bits per heavy atom. The van der Waals surface area contributed by atoms with Crippen molar-refractivity contribution in [3.8, 4) is 16.9 Å². The largest absolute Gasteiger partial charge is 0.510 e. The van der Waals surface area contributed by atoms with E-state index in [4.69, 9.17) is 10.5 Å². The summed E-state index contributed by atoms with van der Waals surface area (Å²) in [5.41, 5.74) is 3.02. The number of carbonyl (C=O) groups excluding carboxylic acids is 5. The van der Waals surface area contributed by atoms with E-state index in [1.807, 2.05) is 0 Å². The minimum absolute atomic E-state index is 0.0584. The lowest BCUT2D eigenvalue weighted by atomic mass is 9.58. The zero-order chi connectivity index (χ0) is 33.0. The molecule has 3 aliphatic rings. The van der Waals surface area contributed by atoms with Gasteiger partial charge in [0.1, 0.15) is 29.4 Å². The number of esters is 1. The van der Waals surface area contributed by atoms with Crippen LogP contribution in [0.5, 0.6) is 5.75 Å². The van der Waals surface area contributed by atoms with Gasteiger partial charge in [-0.2, -0.15) is 0 Å². The minimum Gasteiger partial charge on any atom is -0.510 e. The molecule has 5 rings (SSSR count). The van der Waals surface area contributed by atoms with Crippen molar-refractivity contribution in [3.63, 3.8) is 0 Å². The highest BCUT2D eigenvalue weighted by molar-refractivity contribution is 6.25. The van der Waals surface area contributed by atoms with Crippen LogP contribution in [-0.2, 0) is 25.5 Å². The second-order valence-corrected chi connectivity index (χ2v) is 11.5. The lowest BCUT2D eigenvalue weighted by molar-refractivity contribution is -0.148. The molecule has 1 unspecified atom stereocenters. The smallest absolute Gasteiger partial charge is 0.325 e. The van der Waals surface area contributed by atoms with Crippen molar-refractivity contribution in [2.45, 2.75) is 31.4 Å². The minimum atomic E-state index is -2.73. The van der Waals surface area contributed by atoms with Crippen LogP contribution in [0.15, 0.2) is 59.1 Å². The van der Waals surface area contributed by atoms with Gasteiger partial charge in [0.25, 0.3) is 11.8 Å². The summed E-state index contributed by atoms with van der Waals surface area (Å²) in [6.07, 6.45) is 0.0225. The summed E-state index contributed by atoms with van der Waals surface area (Å²) in [6, 6.07) is 8.21. The number of nitrogens with one attached hydrogen (secondary N) is 1. The zero-order valence-corrected chi connectivity index (χ0v) is 24.8. The van der Waals surface area contributed by atoms with Crippen molar-refractivity contribution < 1.29 is 49.1 Å². The van der Waals surface area contributed by atoms with Gasteiger partial charge < -0.3 is 36.2 Å². The number of Topliss-reactive ketones (excluding diaryl/α,β-unsaturated/α-hetero) is 2. The molecule has 3 aliphatic carbocycles. The summed E-state index contributed by atoms with van der Waals surface area (Å²) in [4.78, 5) is 65.5. The third-order valence-electron chi connectivity index (χ3n) is 8.74. The number of likely N-dealkylation sites (N-methyl/N-ethyl adjacent to an activating group) is 1. The zero-order valence-electron chi connectivity index (χ0n) is 24.8. The van der Waals surface area contributed by atoms with Crippen LogP contribution in [0.3, 0.4) is 0 Å². The van der Waals surface area contributed by atoms with E-state index in [0.29, 0.717) is 16.7 Å². The third kappa shape index (κ3) is 4.93. The molecule has 0 heterocycles. The number of phenols is 1. The summed E-state index contributed by atoms with van der Waals surface area (Å²) in [7, 11) is 3.11. The van der Waals surface area contributed by atoms with Gasteiger partial charge >= 0.3 is 5.97 Å². The molecule has 2 amide bonds. The van der Waals surface area contributed by atoms with Crippen LogP contribution in [0, 0.1) is 11.8 Å². The molecule has 0 saturated carbocycles. The van der Waals surface area contributed by atoms with Crippen LogP contribution in [0.25, 0.3) is 11.1 Å². The lowest BCUT2D eigenvalue weighted by Crippen LogP contribution is -2.63. The number of ketones is 2. The molecule has 2 aromatic carbocycles. The standard InChI is InChI=1S/C32H33N3O10/c1-4-45-21(37)13-34-31(43)15-7-5-6-14(10-15)17-8-9-20(36)23-18(17)11-16-12-19-25(35(2)3)27(39)24(30(33)42)29(41)32(19,44)28(40)22(16)26(23)38/h5-10,16,19,25,36,39-40,44H,4,11-13H2,1-3H3,(H2,33,42)(H,34,43)/t16-,19-,25?,32-/m0/s1. The van der Waals surface area contributed by atoms with Crippen molar-refractivity contribution in [1.82, 2.24) is 10.2 Å². The van der Waals surface area contributed by atoms with Crippen molar-refractivity contribution >= 4 is 29.4 Å². The van der Waals surface area contributed by atoms with Gasteiger partial charge in [0.15, 0.2) is 11.4 Å². The van der Waals surface area contributed by atoms with Gasteiger partial charge in [0.05, 0.1) is 18.2 Å². The number of phenolic OH excluding ortho intramolecular Hbond substituents is 1. The van der Waals surface area contributed by atoms with E-state index in [-0.39, 0.29) is 42.7 Å². The van der Waals surface area contributed by atoms with Crippen LogP contribution in [0.1, 0.15) is 39.6 Å². The maximum absolute atomic E-state index is 14.0. The summed E-state index contributed by atoms with van der Waals surface area (Å²) < 4.78 is 4.84. The summed E-state index contributed by atoms with van der Waals surface area (Å²) in [6.45, 7) is 1.49. The number of aromatic hydroxyl groups is 1. The average Bonchev–Trinajstić information content (AvgIpc) is 2.97. The number of aliphatic hydroxyl groups excluding tert-OH is 2. The van der Waals surface area contributed by atoms with E-state index >= 15 is 0 Å².